The Balaban J connectivity index is 1.80. The molecule has 0 saturated heterocycles. The van der Waals surface area contributed by atoms with E-state index in [0.29, 0.717) is 17.7 Å². The fraction of sp³-hybridized carbons (Fsp3) is 0.286. The quantitative estimate of drug-likeness (QED) is 0.619. The van der Waals surface area contributed by atoms with E-state index in [1.165, 1.54) is 0 Å². The Morgan fingerprint density at radius 1 is 1.07 bits per heavy atom. The van der Waals surface area contributed by atoms with Gasteiger partial charge in [-0.15, -0.1) is 0 Å². The summed E-state index contributed by atoms with van der Waals surface area (Å²) in [6, 6.07) is 12.9. The first-order valence-corrected chi connectivity index (χ1v) is 9.24. The highest BCUT2D eigenvalue weighted by Gasteiger charge is 2.21. The number of benzene rings is 1. The Hall–Kier alpha value is -3.19. The van der Waals surface area contributed by atoms with Crippen molar-refractivity contribution in [2.75, 3.05) is 32.5 Å². The first-order valence-electron chi connectivity index (χ1n) is 9.24. The number of carbonyl (C=O) groups is 2. The number of nitrogens with one attached hydrogen (secondary N) is 2. The van der Waals surface area contributed by atoms with E-state index in [1.54, 1.807) is 22.7 Å². The molecule has 3 aromatic rings. The molecule has 0 atom stereocenters. The van der Waals surface area contributed by atoms with Crippen LogP contribution in [0.3, 0.4) is 0 Å². The zero-order valence-corrected chi connectivity index (χ0v) is 16.4. The number of nitrogens with zero attached hydrogens (tertiary/aromatic N) is 3. The predicted molar refractivity (Wildman–Crippen MR) is 110 cm³/mol. The van der Waals surface area contributed by atoms with Gasteiger partial charge >= 0.3 is 0 Å². The van der Waals surface area contributed by atoms with Gasteiger partial charge in [0.2, 0.25) is 5.82 Å². The number of fused-ring (bicyclic) bond motifs is 1. The van der Waals surface area contributed by atoms with Crippen LogP contribution in [0.2, 0.25) is 0 Å². The average molecular weight is 379 g/mol. The van der Waals surface area contributed by atoms with Gasteiger partial charge in [-0.2, -0.15) is 0 Å². The van der Waals surface area contributed by atoms with Crippen LogP contribution in [0.15, 0.2) is 48.7 Å². The molecule has 28 heavy (non-hydrogen) atoms. The maximum atomic E-state index is 12.8. The SMILES string of the molecule is Cc1ccc(NC(=O)c2nc(C(=O)NCCCN(C)C)n3ccccc23)cc1. The summed E-state index contributed by atoms with van der Waals surface area (Å²) in [6.45, 7) is 3.41. The van der Waals surface area contributed by atoms with Crippen LogP contribution < -0.4 is 10.6 Å². The fourth-order valence-corrected chi connectivity index (χ4v) is 2.87. The molecule has 1 aromatic carbocycles. The number of imidazole rings is 1. The number of anilines is 1. The van der Waals surface area contributed by atoms with Crippen LogP contribution in [-0.4, -0.2) is 53.3 Å². The van der Waals surface area contributed by atoms with Gasteiger partial charge in [-0.1, -0.05) is 23.8 Å². The summed E-state index contributed by atoms with van der Waals surface area (Å²) in [5.74, 6) is -0.442. The normalized spacial score (nSPS) is 11.0. The summed E-state index contributed by atoms with van der Waals surface area (Å²) in [5.41, 5.74) is 2.60. The van der Waals surface area contributed by atoms with Crippen LogP contribution in [0.1, 0.15) is 33.1 Å². The maximum Gasteiger partial charge on any atom is 0.287 e. The highest BCUT2D eigenvalue weighted by molar-refractivity contribution is 6.08. The van der Waals surface area contributed by atoms with Crippen molar-refractivity contribution in [2.24, 2.45) is 0 Å². The molecular formula is C21H25N5O2. The summed E-state index contributed by atoms with van der Waals surface area (Å²) in [6.07, 6.45) is 2.57. The van der Waals surface area contributed by atoms with Crippen LogP contribution in [0.5, 0.6) is 0 Å². The van der Waals surface area contributed by atoms with Gasteiger partial charge in [-0.25, -0.2) is 4.98 Å². The highest BCUT2D eigenvalue weighted by atomic mass is 16.2. The van der Waals surface area contributed by atoms with E-state index in [0.717, 1.165) is 18.5 Å². The van der Waals surface area contributed by atoms with Gasteiger partial charge in [-0.05, 0) is 58.3 Å². The summed E-state index contributed by atoms with van der Waals surface area (Å²) in [7, 11) is 3.98. The Kier molecular flexibility index (Phi) is 6.06. The smallest absolute Gasteiger partial charge is 0.287 e. The van der Waals surface area contributed by atoms with E-state index < -0.39 is 0 Å². The molecule has 0 spiro atoms. The lowest BCUT2D eigenvalue weighted by Gasteiger charge is -2.09. The minimum absolute atomic E-state index is 0.203. The van der Waals surface area contributed by atoms with E-state index in [9.17, 15) is 9.59 Å². The second-order valence-corrected chi connectivity index (χ2v) is 6.97. The number of aromatic nitrogens is 2. The molecule has 0 aliphatic carbocycles. The van der Waals surface area contributed by atoms with Crippen LogP contribution in [0.25, 0.3) is 5.52 Å². The molecule has 0 saturated carbocycles. The Bertz CT molecular complexity index is 976. The molecule has 0 aliphatic rings. The molecular weight excluding hydrogens is 354 g/mol. The van der Waals surface area contributed by atoms with E-state index in [1.807, 2.05) is 51.4 Å². The predicted octanol–water partition coefficient (Wildman–Crippen LogP) is 2.58. The van der Waals surface area contributed by atoms with Gasteiger partial charge in [0.25, 0.3) is 11.8 Å². The molecule has 2 heterocycles. The molecule has 0 unspecified atom stereocenters. The average Bonchev–Trinajstić information content (AvgIpc) is 3.07. The maximum absolute atomic E-state index is 12.8. The molecule has 0 bridgehead atoms. The topological polar surface area (TPSA) is 78.7 Å². The zero-order valence-electron chi connectivity index (χ0n) is 16.4. The third-order valence-electron chi connectivity index (χ3n) is 4.34. The number of hydrogen-bond acceptors (Lipinski definition) is 4. The number of carbonyl (C=O) groups excluding carboxylic acids is 2. The molecule has 146 valence electrons. The molecule has 2 aromatic heterocycles. The minimum Gasteiger partial charge on any atom is -0.349 e. The molecule has 7 heteroatoms. The fourth-order valence-electron chi connectivity index (χ4n) is 2.87. The summed E-state index contributed by atoms with van der Waals surface area (Å²) < 4.78 is 1.64. The number of pyridine rings is 1. The summed E-state index contributed by atoms with van der Waals surface area (Å²) in [5, 5.41) is 5.72. The van der Waals surface area contributed by atoms with E-state index in [-0.39, 0.29) is 23.3 Å². The highest BCUT2D eigenvalue weighted by Crippen LogP contribution is 2.16. The second kappa shape index (κ2) is 8.67. The standard InChI is InChI=1S/C21H25N5O2/c1-15-8-10-16(11-9-15)23-20(27)18-17-7-4-5-14-26(17)19(24-18)21(28)22-12-6-13-25(2)3/h4-5,7-11,14H,6,12-13H2,1-3H3,(H,22,28)(H,23,27). The monoisotopic (exact) mass is 379 g/mol. The Labute approximate surface area is 164 Å². The van der Waals surface area contributed by atoms with Crippen molar-refractivity contribution in [3.05, 3.63) is 65.7 Å². The largest absolute Gasteiger partial charge is 0.349 e. The van der Waals surface area contributed by atoms with Gasteiger partial charge in [0.1, 0.15) is 0 Å². The molecule has 7 nitrogen and oxygen atoms in total. The van der Waals surface area contributed by atoms with Crippen molar-refractivity contribution in [3.8, 4) is 0 Å². The lowest BCUT2D eigenvalue weighted by molar-refractivity contribution is 0.0941. The van der Waals surface area contributed by atoms with Gasteiger partial charge in [-0.3, -0.25) is 14.0 Å². The van der Waals surface area contributed by atoms with Crippen molar-refractivity contribution in [1.29, 1.82) is 0 Å². The third kappa shape index (κ3) is 4.55. The van der Waals surface area contributed by atoms with Gasteiger partial charge in [0, 0.05) is 18.4 Å². The van der Waals surface area contributed by atoms with Crippen LogP contribution >= 0.6 is 0 Å². The number of rotatable bonds is 7. The molecule has 0 radical (unpaired) electrons. The lowest BCUT2D eigenvalue weighted by atomic mass is 10.2. The van der Waals surface area contributed by atoms with Gasteiger partial charge in [0.15, 0.2) is 5.69 Å². The minimum atomic E-state index is -0.348. The second-order valence-electron chi connectivity index (χ2n) is 6.97. The van der Waals surface area contributed by atoms with E-state index in [2.05, 4.69) is 20.5 Å². The van der Waals surface area contributed by atoms with Crippen LogP contribution in [0, 0.1) is 6.92 Å². The van der Waals surface area contributed by atoms with Crippen molar-refractivity contribution in [1.82, 2.24) is 19.6 Å². The van der Waals surface area contributed by atoms with Crippen LogP contribution in [0.4, 0.5) is 5.69 Å². The first kappa shape index (κ1) is 19.6. The molecule has 3 rings (SSSR count). The van der Waals surface area contributed by atoms with Gasteiger partial charge in [0.05, 0.1) is 5.52 Å². The zero-order chi connectivity index (χ0) is 20.1. The molecule has 0 aliphatic heterocycles. The first-order chi connectivity index (χ1) is 13.5. The molecule has 2 N–H and O–H groups in total. The summed E-state index contributed by atoms with van der Waals surface area (Å²) in [4.78, 5) is 31.8. The summed E-state index contributed by atoms with van der Waals surface area (Å²) >= 11 is 0. The number of amides is 2. The Morgan fingerprint density at radius 3 is 2.54 bits per heavy atom. The van der Waals surface area contributed by atoms with Crippen molar-refractivity contribution >= 4 is 23.0 Å². The lowest BCUT2D eigenvalue weighted by Crippen LogP contribution is -2.28. The van der Waals surface area contributed by atoms with E-state index >= 15 is 0 Å². The van der Waals surface area contributed by atoms with Crippen LogP contribution in [-0.2, 0) is 0 Å². The van der Waals surface area contributed by atoms with Crippen molar-refractivity contribution in [3.63, 3.8) is 0 Å². The number of hydrogen-bond donors (Lipinski definition) is 2. The van der Waals surface area contributed by atoms with E-state index in [4.69, 9.17) is 0 Å². The molecule has 2 amide bonds. The third-order valence-corrected chi connectivity index (χ3v) is 4.34. The van der Waals surface area contributed by atoms with Crippen molar-refractivity contribution < 1.29 is 9.59 Å². The number of aryl methyl sites for hydroxylation is 1. The van der Waals surface area contributed by atoms with Gasteiger partial charge < -0.3 is 15.5 Å². The molecule has 0 fully saturated rings. The van der Waals surface area contributed by atoms with Crippen molar-refractivity contribution in [2.45, 2.75) is 13.3 Å². The Morgan fingerprint density at radius 2 is 1.82 bits per heavy atom.